The molecule has 0 aliphatic carbocycles. The molecule has 2 aromatic rings. The Balaban J connectivity index is 1.52. The minimum atomic E-state index is -0.319. The van der Waals surface area contributed by atoms with Crippen LogP contribution < -0.4 is 5.32 Å². The highest BCUT2D eigenvalue weighted by molar-refractivity contribution is 7.13. The third kappa shape index (κ3) is 4.27. The minimum Gasteiger partial charge on any atom is -0.450 e. The predicted octanol–water partition coefficient (Wildman–Crippen LogP) is 3.12. The molecule has 1 aliphatic rings. The van der Waals surface area contributed by atoms with Gasteiger partial charge in [0, 0.05) is 49.0 Å². The van der Waals surface area contributed by atoms with Gasteiger partial charge in [-0.15, -0.1) is 11.3 Å². The fourth-order valence-electron chi connectivity index (χ4n) is 2.57. The fraction of sp³-hybridized carbons (Fsp3) is 0.353. The molecule has 1 aliphatic heterocycles. The zero-order valence-corrected chi connectivity index (χ0v) is 14.8. The quantitative estimate of drug-likeness (QED) is 0.913. The molecule has 0 atom stereocenters. The number of amides is 3. The maximum atomic E-state index is 12.4. The number of ether oxygens (including phenoxy) is 1. The van der Waals surface area contributed by atoms with Gasteiger partial charge >= 0.3 is 12.1 Å². The van der Waals surface area contributed by atoms with E-state index in [0.717, 1.165) is 16.3 Å². The van der Waals surface area contributed by atoms with Crippen molar-refractivity contribution in [1.82, 2.24) is 14.8 Å². The highest BCUT2D eigenvalue weighted by atomic mass is 32.1. The molecular weight excluding hydrogens is 340 g/mol. The van der Waals surface area contributed by atoms with E-state index in [1.54, 1.807) is 34.3 Å². The lowest BCUT2D eigenvalue weighted by Gasteiger charge is -2.34. The van der Waals surface area contributed by atoms with Crippen LogP contribution >= 0.6 is 11.3 Å². The van der Waals surface area contributed by atoms with Gasteiger partial charge in [-0.3, -0.25) is 0 Å². The summed E-state index contributed by atoms with van der Waals surface area (Å²) in [7, 11) is 0. The fourth-order valence-corrected chi connectivity index (χ4v) is 3.22. The Bertz CT molecular complexity index is 710. The van der Waals surface area contributed by atoms with Crippen LogP contribution in [-0.2, 0) is 4.74 Å². The molecule has 7 nitrogen and oxygen atoms in total. The lowest BCUT2D eigenvalue weighted by Crippen LogP contribution is -2.51. The molecule has 0 spiro atoms. The highest BCUT2D eigenvalue weighted by Crippen LogP contribution is 2.23. The van der Waals surface area contributed by atoms with Crippen molar-refractivity contribution < 1.29 is 14.3 Å². The van der Waals surface area contributed by atoms with Gasteiger partial charge in [-0.2, -0.15) is 0 Å². The topological polar surface area (TPSA) is 74.8 Å². The van der Waals surface area contributed by atoms with Gasteiger partial charge < -0.3 is 19.9 Å². The van der Waals surface area contributed by atoms with Gasteiger partial charge in [-0.1, -0.05) is 0 Å². The largest absolute Gasteiger partial charge is 0.450 e. The lowest BCUT2D eigenvalue weighted by atomic mass is 10.2. The number of anilines is 1. The molecule has 1 N–H and O–H groups in total. The molecule has 3 amide bonds. The first-order valence-electron chi connectivity index (χ1n) is 8.15. The number of hydrogen-bond acceptors (Lipinski definition) is 5. The van der Waals surface area contributed by atoms with Crippen LogP contribution in [0.3, 0.4) is 0 Å². The second-order valence-electron chi connectivity index (χ2n) is 5.52. The Labute approximate surface area is 150 Å². The molecule has 25 heavy (non-hydrogen) atoms. The number of nitrogens with zero attached hydrogens (tertiary/aromatic N) is 3. The number of carbonyl (C=O) groups is 2. The number of benzene rings is 1. The Morgan fingerprint density at radius 3 is 2.44 bits per heavy atom. The molecular formula is C17H20N4O3S. The van der Waals surface area contributed by atoms with Crippen LogP contribution in [0.15, 0.2) is 35.8 Å². The number of rotatable bonds is 3. The van der Waals surface area contributed by atoms with Gasteiger partial charge in [0.15, 0.2) is 0 Å². The molecule has 1 aromatic carbocycles. The molecule has 0 saturated carbocycles. The van der Waals surface area contributed by atoms with Gasteiger partial charge in [-0.05, 0) is 31.2 Å². The van der Waals surface area contributed by atoms with Gasteiger partial charge in [0.2, 0.25) is 0 Å². The standard InChI is InChI=1S/C17H20N4O3S/c1-2-24-17(23)21-10-8-20(9-11-21)16(22)19-14-5-3-13(4-6-14)15-18-7-12-25-15/h3-7,12H,2,8-11H2,1H3,(H,19,22). The summed E-state index contributed by atoms with van der Waals surface area (Å²) in [4.78, 5) is 31.6. The molecule has 1 fully saturated rings. The van der Waals surface area contributed by atoms with E-state index in [2.05, 4.69) is 10.3 Å². The van der Waals surface area contributed by atoms with Crippen LogP contribution in [0.5, 0.6) is 0 Å². The third-order valence-corrected chi connectivity index (χ3v) is 4.73. The van der Waals surface area contributed by atoms with Crippen molar-refractivity contribution in [3.8, 4) is 10.6 Å². The second kappa shape index (κ2) is 7.98. The summed E-state index contributed by atoms with van der Waals surface area (Å²) in [5.41, 5.74) is 1.76. The molecule has 1 aromatic heterocycles. The Morgan fingerprint density at radius 1 is 1.16 bits per heavy atom. The van der Waals surface area contributed by atoms with Crippen molar-refractivity contribution >= 4 is 29.1 Å². The van der Waals surface area contributed by atoms with Crippen molar-refractivity contribution in [1.29, 1.82) is 0 Å². The molecule has 0 bridgehead atoms. The van der Waals surface area contributed by atoms with E-state index in [-0.39, 0.29) is 12.1 Å². The molecule has 1 saturated heterocycles. The van der Waals surface area contributed by atoms with Gasteiger partial charge in [0.1, 0.15) is 5.01 Å². The Hall–Kier alpha value is -2.61. The van der Waals surface area contributed by atoms with Crippen LogP contribution in [0.1, 0.15) is 6.92 Å². The van der Waals surface area contributed by atoms with Crippen molar-refractivity contribution in [2.45, 2.75) is 6.92 Å². The SMILES string of the molecule is CCOC(=O)N1CCN(C(=O)Nc2ccc(-c3nccs3)cc2)CC1. The number of nitrogens with one attached hydrogen (secondary N) is 1. The molecule has 0 radical (unpaired) electrons. The van der Waals surface area contributed by atoms with Gasteiger partial charge in [-0.25, -0.2) is 14.6 Å². The summed E-state index contributed by atoms with van der Waals surface area (Å²) in [6.45, 7) is 4.08. The Morgan fingerprint density at radius 2 is 1.84 bits per heavy atom. The summed E-state index contributed by atoms with van der Waals surface area (Å²) in [6.07, 6.45) is 1.45. The van der Waals surface area contributed by atoms with E-state index in [9.17, 15) is 9.59 Å². The molecule has 8 heteroatoms. The van der Waals surface area contributed by atoms with Crippen LogP contribution in [0.4, 0.5) is 15.3 Å². The third-order valence-electron chi connectivity index (χ3n) is 3.91. The number of piperazine rings is 1. The van der Waals surface area contributed by atoms with Crippen molar-refractivity contribution in [2.75, 3.05) is 38.1 Å². The number of aromatic nitrogens is 1. The van der Waals surface area contributed by atoms with Gasteiger partial charge in [0.05, 0.1) is 6.61 Å². The first-order valence-corrected chi connectivity index (χ1v) is 9.03. The van der Waals surface area contributed by atoms with Crippen molar-refractivity contribution in [2.24, 2.45) is 0 Å². The molecule has 2 heterocycles. The number of thiazole rings is 1. The lowest BCUT2D eigenvalue weighted by molar-refractivity contribution is 0.0868. The summed E-state index contributed by atoms with van der Waals surface area (Å²) in [5.74, 6) is 0. The van der Waals surface area contributed by atoms with E-state index < -0.39 is 0 Å². The van der Waals surface area contributed by atoms with Crippen LogP contribution in [-0.4, -0.2) is 59.7 Å². The smallest absolute Gasteiger partial charge is 0.409 e. The van der Waals surface area contributed by atoms with E-state index in [1.807, 2.05) is 29.6 Å². The molecule has 3 rings (SSSR count). The monoisotopic (exact) mass is 360 g/mol. The summed E-state index contributed by atoms with van der Waals surface area (Å²) < 4.78 is 4.98. The zero-order valence-electron chi connectivity index (χ0n) is 14.0. The number of carbonyl (C=O) groups excluding carboxylic acids is 2. The number of urea groups is 1. The van der Waals surface area contributed by atoms with Crippen molar-refractivity contribution in [3.63, 3.8) is 0 Å². The average molecular weight is 360 g/mol. The maximum absolute atomic E-state index is 12.4. The summed E-state index contributed by atoms with van der Waals surface area (Å²) >= 11 is 1.58. The second-order valence-corrected chi connectivity index (χ2v) is 6.41. The zero-order chi connectivity index (χ0) is 17.6. The van der Waals surface area contributed by atoms with E-state index in [1.165, 1.54) is 0 Å². The molecule has 132 valence electrons. The van der Waals surface area contributed by atoms with Crippen molar-refractivity contribution in [3.05, 3.63) is 35.8 Å². The van der Waals surface area contributed by atoms with Crippen LogP contribution in [0.2, 0.25) is 0 Å². The Kier molecular flexibility index (Phi) is 5.49. The predicted molar refractivity (Wildman–Crippen MR) is 96.7 cm³/mol. The minimum absolute atomic E-state index is 0.162. The number of hydrogen-bond donors (Lipinski definition) is 1. The van der Waals surface area contributed by atoms with Crippen LogP contribution in [0.25, 0.3) is 10.6 Å². The molecule has 0 unspecified atom stereocenters. The normalized spacial score (nSPS) is 14.3. The average Bonchev–Trinajstić information content (AvgIpc) is 3.17. The van der Waals surface area contributed by atoms with E-state index >= 15 is 0 Å². The van der Waals surface area contributed by atoms with Crippen LogP contribution in [0, 0.1) is 0 Å². The summed E-state index contributed by atoms with van der Waals surface area (Å²) in [6, 6.07) is 7.44. The maximum Gasteiger partial charge on any atom is 0.409 e. The highest BCUT2D eigenvalue weighted by Gasteiger charge is 2.24. The van der Waals surface area contributed by atoms with Gasteiger partial charge in [0.25, 0.3) is 0 Å². The van der Waals surface area contributed by atoms with E-state index in [4.69, 9.17) is 4.74 Å². The van der Waals surface area contributed by atoms with E-state index in [0.29, 0.717) is 32.8 Å². The summed E-state index contributed by atoms with van der Waals surface area (Å²) in [5, 5.41) is 5.77. The first-order chi connectivity index (χ1) is 12.2. The first kappa shape index (κ1) is 17.2.